The highest BCUT2D eigenvalue weighted by atomic mass is 16.7. The van der Waals surface area contributed by atoms with Crippen molar-refractivity contribution in [2.75, 3.05) is 6.79 Å². The number of hydrogen-bond acceptors (Lipinski definition) is 3. The summed E-state index contributed by atoms with van der Waals surface area (Å²) in [5.41, 5.74) is 7.63. The molecule has 5 nitrogen and oxygen atoms in total. The molecule has 0 fully saturated rings. The molecule has 1 aliphatic carbocycles. The first-order valence-corrected chi connectivity index (χ1v) is 10.4. The minimum absolute atomic E-state index is 0.114. The molecule has 0 radical (unpaired) electrons. The van der Waals surface area contributed by atoms with E-state index >= 15 is 0 Å². The average Bonchev–Trinajstić information content (AvgIpc) is 3.31. The first-order valence-electron chi connectivity index (χ1n) is 10.4. The number of aromatic nitrogens is 1. The highest BCUT2D eigenvalue weighted by Crippen LogP contribution is 2.33. The topological polar surface area (TPSA) is 63.4 Å². The number of hydrogen-bond donors (Lipinski definition) is 2. The third-order valence-corrected chi connectivity index (χ3v) is 6.24. The van der Waals surface area contributed by atoms with Gasteiger partial charge in [0.1, 0.15) is 0 Å². The number of amides is 1. The Hall–Kier alpha value is -2.95. The summed E-state index contributed by atoms with van der Waals surface area (Å²) in [5.74, 6) is 1.66. The van der Waals surface area contributed by atoms with Crippen molar-refractivity contribution in [2.45, 2.75) is 52.0 Å². The second kappa shape index (κ2) is 7.14. The molecule has 1 amide bonds. The number of aromatic amines is 1. The molecular weight excluding hydrogens is 364 g/mol. The number of fused-ring (bicyclic) bond motifs is 4. The van der Waals surface area contributed by atoms with Gasteiger partial charge in [0, 0.05) is 29.1 Å². The van der Waals surface area contributed by atoms with Gasteiger partial charge in [0.15, 0.2) is 11.5 Å². The maximum atomic E-state index is 12.6. The largest absolute Gasteiger partial charge is 0.454 e. The Balaban J connectivity index is 1.23. The molecule has 2 heterocycles. The van der Waals surface area contributed by atoms with Gasteiger partial charge >= 0.3 is 0 Å². The van der Waals surface area contributed by atoms with Gasteiger partial charge in [-0.05, 0) is 86.1 Å². The predicted molar refractivity (Wildman–Crippen MR) is 113 cm³/mol. The molecule has 5 heteroatoms. The summed E-state index contributed by atoms with van der Waals surface area (Å²) in [6.07, 6.45) is 4.04. The second-order valence-corrected chi connectivity index (χ2v) is 8.26. The summed E-state index contributed by atoms with van der Waals surface area (Å²) in [7, 11) is 0. The third kappa shape index (κ3) is 3.46. The first kappa shape index (κ1) is 18.1. The van der Waals surface area contributed by atoms with E-state index < -0.39 is 0 Å². The van der Waals surface area contributed by atoms with Crippen molar-refractivity contribution in [3.63, 3.8) is 0 Å². The molecule has 1 aromatic heterocycles. The molecule has 2 aromatic carbocycles. The average molecular weight is 390 g/mol. The molecule has 1 atom stereocenters. The molecule has 5 rings (SSSR count). The monoisotopic (exact) mass is 390 g/mol. The van der Waals surface area contributed by atoms with Gasteiger partial charge in [-0.3, -0.25) is 4.79 Å². The molecule has 0 bridgehead atoms. The maximum Gasteiger partial charge on any atom is 0.231 e. The van der Waals surface area contributed by atoms with Gasteiger partial charge in [0.2, 0.25) is 12.7 Å². The summed E-state index contributed by atoms with van der Waals surface area (Å²) < 4.78 is 10.8. The summed E-state index contributed by atoms with van der Waals surface area (Å²) in [4.78, 5) is 16.1. The van der Waals surface area contributed by atoms with Crippen molar-refractivity contribution in [2.24, 2.45) is 0 Å². The zero-order valence-electron chi connectivity index (χ0n) is 16.9. The van der Waals surface area contributed by atoms with Gasteiger partial charge in [-0.15, -0.1) is 0 Å². The highest BCUT2D eigenvalue weighted by Gasteiger charge is 2.24. The van der Waals surface area contributed by atoms with Crippen LogP contribution in [0.1, 0.15) is 40.8 Å². The normalized spacial score (nSPS) is 17.4. The van der Waals surface area contributed by atoms with Crippen LogP contribution in [-0.2, 0) is 24.1 Å². The van der Waals surface area contributed by atoms with Crippen molar-refractivity contribution < 1.29 is 14.3 Å². The fourth-order valence-corrected chi connectivity index (χ4v) is 4.46. The Kier molecular flexibility index (Phi) is 4.46. The molecule has 2 N–H and O–H groups in total. The lowest BCUT2D eigenvalue weighted by molar-refractivity contribution is -0.121. The van der Waals surface area contributed by atoms with Crippen molar-refractivity contribution in [1.29, 1.82) is 0 Å². The van der Waals surface area contributed by atoms with E-state index in [0.29, 0.717) is 12.8 Å². The number of H-pyrrole nitrogens is 1. The molecule has 0 saturated heterocycles. The van der Waals surface area contributed by atoms with Gasteiger partial charge in [0.25, 0.3) is 0 Å². The number of benzene rings is 2. The number of nitrogens with one attached hydrogen (secondary N) is 2. The maximum absolute atomic E-state index is 12.6. The summed E-state index contributed by atoms with van der Waals surface area (Å²) in [6, 6.07) is 10.6. The molecule has 0 saturated carbocycles. The van der Waals surface area contributed by atoms with Crippen LogP contribution in [0.25, 0.3) is 10.9 Å². The number of rotatable bonds is 4. The first-order chi connectivity index (χ1) is 14.1. The van der Waals surface area contributed by atoms with E-state index in [0.717, 1.165) is 36.3 Å². The zero-order chi connectivity index (χ0) is 20.0. The minimum Gasteiger partial charge on any atom is -0.454 e. The minimum atomic E-state index is 0.114. The molecule has 0 spiro atoms. The SMILES string of the molecule is Cc1cc2[nH]c3c(c2cc1C)C[C@@H](NC(=O)CCc1ccc2c(c1)OCO2)CC3. The smallest absolute Gasteiger partial charge is 0.231 e. The van der Waals surface area contributed by atoms with Crippen LogP contribution >= 0.6 is 0 Å². The Morgan fingerprint density at radius 3 is 2.86 bits per heavy atom. The van der Waals surface area contributed by atoms with Crippen molar-refractivity contribution in [3.05, 3.63) is 58.3 Å². The number of aryl methyl sites for hydroxylation is 4. The number of carbonyl (C=O) groups is 1. The van der Waals surface area contributed by atoms with Gasteiger partial charge in [0.05, 0.1) is 0 Å². The Bertz CT molecular complexity index is 1100. The summed E-state index contributed by atoms with van der Waals surface area (Å²) in [5, 5.41) is 4.56. The molecule has 1 aliphatic heterocycles. The van der Waals surface area contributed by atoms with E-state index in [1.54, 1.807) is 0 Å². The fourth-order valence-electron chi connectivity index (χ4n) is 4.46. The van der Waals surface area contributed by atoms with Crippen LogP contribution in [0.15, 0.2) is 30.3 Å². The van der Waals surface area contributed by atoms with Gasteiger partial charge < -0.3 is 19.8 Å². The fraction of sp³-hybridized carbons (Fsp3) is 0.375. The summed E-state index contributed by atoms with van der Waals surface area (Å²) in [6.45, 7) is 4.58. The molecule has 3 aromatic rings. The van der Waals surface area contributed by atoms with Crippen molar-refractivity contribution in [3.8, 4) is 11.5 Å². The number of carbonyl (C=O) groups excluding carboxylic acids is 1. The van der Waals surface area contributed by atoms with E-state index in [9.17, 15) is 4.79 Å². The van der Waals surface area contributed by atoms with Crippen molar-refractivity contribution >= 4 is 16.8 Å². The van der Waals surface area contributed by atoms with Crippen LogP contribution in [0.4, 0.5) is 0 Å². The third-order valence-electron chi connectivity index (χ3n) is 6.24. The molecule has 150 valence electrons. The van der Waals surface area contributed by atoms with E-state index in [1.165, 1.54) is 33.3 Å². The molecule has 0 unspecified atom stereocenters. The lowest BCUT2D eigenvalue weighted by Crippen LogP contribution is -2.38. The highest BCUT2D eigenvalue weighted by molar-refractivity contribution is 5.86. The number of ether oxygens (including phenoxy) is 2. The van der Waals surface area contributed by atoms with Crippen LogP contribution in [-0.4, -0.2) is 23.7 Å². The van der Waals surface area contributed by atoms with Crippen LogP contribution in [0, 0.1) is 13.8 Å². The molecule has 2 aliphatic rings. The lowest BCUT2D eigenvalue weighted by atomic mass is 9.90. The Labute approximate surface area is 170 Å². The van der Waals surface area contributed by atoms with E-state index in [2.05, 4.69) is 36.3 Å². The van der Waals surface area contributed by atoms with Gasteiger partial charge in [-0.1, -0.05) is 6.07 Å². The van der Waals surface area contributed by atoms with Gasteiger partial charge in [-0.25, -0.2) is 0 Å². The van der Waals surface area contributed by atoms with E-state index in [4.69, 9.17) is 9.47 Å². The van der Waals surface area contributed by atoms with Crippen LogP contribution in [0.2, 0.25) is 0 Å². The van der Waals surface area contributed by atoms with Crippen LogP contribution in [0.3, 0.4) is 0 Å². The second-order valence-electron chi connectivity index (χ2n) is 8.26. The zero-order valence-corrected chi connectivity index (χ0v) is 16.9. The molecular formula is C24H26N2O3. The Morgan fingerprint density at radius 1 is 1.14 bits per heavy atom. The quantitative estimate of drug-likeness (QED) is 0.704. The lowest BCUT2D eigenvalue weighted by Gasteiger charge is -2.23. The standard InChI is InChI=1S/C24H26N2O3/c1-14-9-18-19-12-17(5-6-20(19)26-21(18)10-15(14)2)25-24(27)8-4-16-3-7-22-23(11-16)29-13-28-22/h3,7,9-11,17,26H,4-6,8,12-13H2,1-2H3,(H,25,27)/t17-/m0/s1. The van der Waals surface area contributed by atoms with E-state index in [1.807, 2.05) is 18.2 Å². The van der Waals surface area contributed by atoms with Crippen LogP contribution in [0.5, 0.6) is 11.5 Å². The predicted octanol–water partition coefficient (Wildman–Crippen LogP) is 4.12. The Morgan fingerprint density at radius 2 is 1.97 bits per heavy atom. The van der Waals surface area contributed by atoms with Crippen LogP contribution < -0.4 is 14.8 Å². The summed E-state index contributed by atoms with van der Waals surface area (Å²) >= 11 is 0. The molecule has 29 heavy (non-hydrogen) atoms. The van der Waals surface area contributed by atoms with E-state index in [-0.39, 0.29) is 18.7 Å². The van der Waals surface area contributed by atoms with Crippen molar-refractivity contribution in [1.82, 2.24) is 10.3 Å². The van der Waals surface area contributed by atoms with Gasteiger partial charge in [-0.2, -0.15) is 0 Å².